The number of esters is 1. The number of amides is 2. The average molecular weight is 399 g/mol. The fourth-order valence-electron chi connectivity index (χ4n) is 3.30. The predicted molar refractivity (Wildman–Crippen MR) is 110 cm³/mol. The topological polar surface area (TPSA) is 80.8 Å². The monoisotopic (exact) mass is 399 g/mol. The summed E-state index contributed by atoms with van der Waals surface area (Å²) in [5.41, 5.74) is 1.33. The van der Waals surface area contributed by atoms with Gasteiger partial charge >= 0.3 is 5.97 Å². The summed E-state index contributed by atoms with van der Waals surface area (Å²) in [7, 11) is 0. The van der Waals surface area contributed by atoms with Gasteiger partial charge < -0.3 is 4.74 Å². The first-order chi connectivity index (χ1) is 14.5. The van der Waals surface area contributed by atoms with E-state index in [2.05, 4.69) is 0 Å². The Hall–Kier alpha value is -4.06. The van der Waals surface area contributed by atoms with Crippen molar-refractivity contribution in [3.8, 4) is 0 Å². The Morgan fingerprint density at radius 3 is 2.03 bits per heavy atom. The molecule has 6 heteroatoms. The molecular weight excluding hydrogens is 382 g/mol. The molecule has 148 valence electrons. The molecule has 1 unspecified atom stereocenters. The van der Waals surface area contributed by atoms with Crippen molar-refractivity contribution >= 4 is 29.3 Å². The third kappa shape index (κ3) is 3.39. The standard InChI is InChI=1S/C24H17NO5/c1-15(21(26)16-8-4-2-5-9-16)30-24(29)17-12-13-19-20(14-17)23(28)25(22(19)27)18-10-6-3-7-11-18/h2-15H,1H3. The van der Waals surface area contributed by atoms with Gasteiger partial charge in [0.15, 0.2) is 6.10 Å². The van der Waals surface area contributed by atoms with Gasteiger partial charge in [0, 0.05) is 5.56 Å². The van der Waals surface area contributed by atoms with Crippen LogP contribution in [0.2, 0.25) is 0 Å². The first-order valence-electron chi connectivity index (χ1n) is 9.35. The van der Waals surface area contributed by atoms with Crippen molar-refractivity contribution in [1.82, 2.24) is 0 Å². The molecule has 0 N–H and O–H groups in total. The summed E-state index contributed by atoms with van der Waals surface area (Å²) in [6.45, 7) is 1.49. The van der Waals surface area contributed by atoms with Crippen LogP contribution in [-0.4, -0.2) is 29.7 Å². The number of nitrogens with zero attached hydrogens (tertiary/aromatic N) is 1. The lowest BCUT2D eigenvalue weighted by atomic mass is 10.1. The van der Waals surface area contributed by atoms with Gasteiger partial charge in [0.1, 0.15) is 0 Å². The average Bonchev–Trinajstić information content (AvgIpc) is 3.03. The lowest BCUT2D eigenvalue weighted by molar-refractivity contribution is 0.0318. The van der Waals surface area contributed by atoms with Crippen molar-refractivity contribution < 1.29 is 23.9 Å². The summed E-state index contributed by atoms with van der Waals surface area (Å²) in [5.74, 6) is -2.03. The fourth-order valence-corrected chi connectivity index (χ4v) is 3.30. The van der Waals surface area contributed by atoms with Crippen LogP contribution in [0.25, 0.3) is 0 Å². The van der Waals surface area contributed by atoms with Gasteiger partial charge in [-0.05, 0) is 37.3 Å². The second-order valence-electron chi connectivity index (χ2n) is 6.82. The van der Waals surface area contributed by atoms with Crippen molar-refractivity contribution in [3.63, 3.8) is 0 Å². The van der Waals surface area contributed by atoms with E-state index in [0.29, 0.717) is 11.3 Å². The van der Waals surface area contributed by atoms with E-state index in [-0.39, 0.29) is 22.5 Å². The van der Waals surface area contributed by atoms with Gasteiger partial charge in [0.05, 0.1) is 22.4 Å². The number of ether oxygens (including phenoxy) is 1. The van der Waals surface area contributed by atoms with E-state index in [4.69, 9.17) is 4.74 Å². The molecule has 0 spiro atoms. The number of hydrogen-bond donors (Lipinski definition) is 0. The zero-order valence-electron chi connectivity index (χ0n) is 16.1. The van der Waals surface area contributed by atoms with Gasteiger partial charge in [-0.1, -0.05) is 48.5 Å². The van der Waals surface area contributed by atoms with Gasteiger partial charge in [-0.2, -0.15) is 0 Å². The summed E-state index contributed by atoms with van der Waals surface area (Å²) in [4.78, 5) is 51.5. The molecular formula is C24H17NO5. The van der Waals surface area contributed by atoms with E-state index in [0.717, 1.165) is 4.90 Å². The van der Waals surface area contributed by atoms with Gasteiger partial charge in [-0.25, -0.2) is 9.69 Å². The zero-order chi connectivity index (χ0) is 21.3. The number of rotatable bonds is 5. The second kappa shape index (κ2) is 7.75. The minimum Gasteiger partial charge on any atom is -0.451 e. The molecule has 0 bridgehead atoms. The summed E-state index contributed by atoms with van der Waals surface area (Å²) >= 11 is 0. The molecule has 1 atom stereocenters. The van der Waals surface area contributed by atoms with E-state index in [1.807, 2.05) is 0 Å². The van der Waals surface area contributed by atoms with E-state index in [9.17, 15) is 19.2 Å². The molecule has 30 heavy (non-hydrogen) atoms. The number of para-hydroxylation sites is 1. The van der Waals surface area contributed by atoms with Crippen LogP contribution in [-0.2, 0) is 4.74 Å². The summed E-state index contributed by atoms with van der Waals surface area (Å²) in [6.07, 6.45) is -0.994. The summed E-state index contributed by atoms with van der Waals surface area (Å²) in [5, 5.41) is 0. The largest absolute Gasteiger partial charge is 0.451 e. The summed E-state index contributed by atoms with van der Waals surface area (Å²) in [6, 6.07) is 21.3. The molecule has 4 rings (SSSR count). The maximum absolute atomic E-state index is 12.8. The predicted octanol–water partition coefficient (Wildman–Crippen LogP) is 3.92. The SMILES string of the molecule is CC(OC(=O)c1ccc2c(c1)C(=O)N(c1ccccc1)C2=O)C(=O)c1ccccc1. The molecule has 1 heterocycles. The van der Waals surface area contributed by atoms with Crippen LogP contribution in [0.15, 0.2) is 78.9 Å². The quantitative estimate of drug-likeness (QED) is 0.369. The van der Waals surface area contributed by atoms with E-state index >= 15 is 0 Å². The molecule has 0 fully saturated rings. The maximum atomic E-state index is 12.8. The van der Waals surface area contributed by atoms with Crippen molar-refractivity contribution in [2.24, 2.45) is 0 Å². The molecule has 0 saturated heterocycles. The van der Waals surface area contributed by atoms with Gasteiger partial charge in [-0.15, -0.1) is 0 Å². The first-order valence-corrected chi connectivity index (χ1v) is 9.35. The highest BCUT2D eigenvalue weighted by molar-refractivity contribution is 6.34. The van der Waals surface area contributed by atoms with Crippen molar-refractivity contribution in [2.45, 2.75) is 13.0 Å². The smallest absolute Gasteiger partial charge is 0.338 e. The molecule has 2 amide bonds. The molecule has 0 saturated carbocycles. The lowest BCUT2D eigenvalue weighted by Crippen LogP contribution is -2.29. The van der Waals surface area contributed by atoms with Crippen molar-refractivity contribution in [1.29, 1.82) is 0 Å². The lowest BCUT2D eigenvalue weighted by Gasteiger charge is -2.13. The summed E-state index contributed by atoms with van der Waals surface area (Å²) < 4.78 is 5.29. The van der Waals surface area contributed by atoms with Gasteiger partial charge in [-0.3, -0.25) is 14.4 Å². The maximum Gasteiger partial charge on any atom is 0.338 e. The van der Waals surface area contributed by atoms with Gasteiger partial charge in [0.25, 0.3) is 11.8 Å². The van der Waals surface area contributed by atoms with Crippen LogP contribution in [0, 0.1) is 0 Å². The van der Waals surface area contributed by atoms with E-state index in [1.165, 1.54) is 25.1 Å². The Labute approximate surface area is 172 Å². The first kappa shape index (κ1) is 19.3. The molecule has 1 aliphatic heterocycles. The van der Waals surface area contributed by atoms with E-state index in [1.54, 1.807) is 60.7 Å². The number of anilines is 1. The van der Waals surface area contributed by atoms with E-state index < -0.39 is 23.9 Å². The third-order valence-corrected chi connectivity index (χ3v) is 4.85. The Balaban J connectivity index is 1.55. The minimum absolute atomic E-state index is 0.0949. The zero-order valence-corrected chi connectivity index (χ0v) is 16.1. The molecule has 0 aromatic heterocycles. The fraction of sp³-hybridized carbons (Fsp3) is 0.0833. The Bertz CT molecular complexity index is 1150. The number of fused-ring (bicyclic) bond motifs is 1. The Kier molecular flexibility index (Phi) is 4.98. The van der Waals surface area contributed by atoms with Crippen LogP contribution in [0.4, 0.5) is 5.69 Å². The highest BCUT2D eigenvalue weighted by atomic mass is 16.5. The second-order valence-corrected chi connectivity index (χ2v) is 6.82. The normalized spacial score (nSPS) is 13.7. The van der Waals surface area contributed by atoms with Crippen LogP contribution in [0.3, 0.4) is 0 Å². The number of imide groups is 1. The molecule has 3 aromatic carbocycles. The van der Waals surface area contributed by atoms with Crippen LogP contribution >= 0.6 is 0 Å². The number of ketones is 1. The van der Waals surface area contributed by atoms with Crippen LogP contribution in [0.1, 0.15) is 48.4 Å². The number of Topliss-reactive ketones (excluding diaryl/α,β-unsaturated/α-hetero) is 1. The number of carbonyl (C=O) groups is 4. The number of benzene rings is 3. The highest BCUT2D eigenvalue weighted by Gasteiger charge is 2.37. The van der Waals surface area contributed by atoms with Crippen molar-refractivity contribution in [2.75, 3.05) is 4.90 Å². The van der Waals surface area contributed by atoms with Crippen molar-refractivity contribution in [3.05, 3.63) is 101 Å². The number of hydrogen-bond acceptors (Lipinski definition) is 5. The molecule has 0 aliphatic carbocycles. The molecule has 6 nitrogen and oxygen atoms in total. The number of carbonyl (C=O) groups excluding carboxylic acids is 4. The van der Waals surface area contributed by atoms with Gasteiger partial charge in [0.2, 0.25) is 5.78 Å². The molecule has 1 aliphatic rings. The minimum atomic E-state index is -0.994. The molecule has 0 radical (unpaired) electrons. The Morgan fingerprint density at radius 2 is 1.37 bits per heavy atom. The van der Waals surface area contributed by atoms with Crippen LogP contribution in [0.5, 0.6) is 0 Å². The highest BCUT2D eigenvalue weighted by Crippen LogP contribution is 2.29. The third-order valence-electron chi connectivity index (χ3n) is 4.85. The molecule has 3 aromatic rings. The van der Waals surface area contributed by atoms with Crippen LogP contribution < -0.4 is 4.90 Å². The Morgan fingerprint density at radius 1 is 0.767 bits per heavy atom.